The molecule has 2 N–H and O–H groups in total. The largest absolute Gasteiger partial charge is 0.315 e. The second-order valence-corrected chi connectivity index (χ2v) is 7.13. The van der Waals surface area contributed by atoms with E-state index in [4.69, 9.17) is 0 Å². The van der Waals surface area contributed by atoms with Gasteiger partial charge in [0, 0.05) is 12.6 Å². The highest BCUT2D eigenvalue weighted by Gasteiger charge is 2.20. The lowest BCUT2D eigenvalue weighted by Crippen LogP contribution is -2.40. The van der Waals surface area contributed by atoms with Crippen LogP contribution in [0.15, 0.2) is 29.2 Å². The highest BCUT2D eigenvalue weighted by molar-refractivity contribution is 7.89. The number of benzene rings is 1. The van der Waals surface area contributed by atoms with Gasteiger partial charge in [0.05, 0.1) is 4.90 Å². The van der Waals surface area contributed by atoms with E-state index in [0.29, 0.717) is 11.4 Å². The zero-order valence-electron chi connectivity index (χ0n) is 12.1. The zero-order chi connectivity index (χ0) is 14.4. The summed E-state index contributed by atoms with van der Waals surface area (Å²) in [4.78, 5) is 0.363. The van der Waals surface area contributed by atoms with Crippen LogP contribution in [0.2, 0.25) is 0 Å². The van der Waals surface area contributed by atoms with E-state index in [9.17, 15) is 8.42 Å². The second kappa shape index (κ2) is 7.20. The van der Waals surface area contributed by atoms with E-state index in [1.807, 2.05) is 12.1 Å². The van der Waals surface area contributed by atoms with Crippen LogP contribution in [0.1, 0.15) is 38.2 Å². The maximum Gasteiger partial charge on any atom is 0.240 e. The molecule has 1 heterocycles. The summed E-state index contributed by atoms with van der Waals surface area (Å²) in [6.07, 6.45) is 5.14. The number of hydrogen-bond donors (Lipinski definition) is 2. The molecule has 0 bridgehead atoms. The Morgan fingerprint density at radius 1 is 1.25 bits per heavy atom. The van der Waals surface area contributed by atoms with E-state index in [2.05, 4.69) is 17.0 Å². The van der Waals surface area contributed by atoms with Crippen molar-refractivity contribution in [2.24, 2.45) is 0 Å². The monoisotopic (exact) mass is 296 g/mol. The molecule has 1 aliphatic heterocycles. The SMILES string of the molecule is CCCc1ccc(S(=O)(=O)NC2CCCCNC2)cc1. The molecule has 5 heteroatoms. The third-order valence-corrected chi connectivity index (χ3v) is 5.18. The van der Waals surface area contributed by atoms with Gasteiger partial charge in [0.1, 0.15) is 0 Å². The Bertz CT molecular complexity index is 503. The lowest BCUT2D eigenvalue weighted by molar-refractivity contribution is 0.521. The van der Waals surface area contributed by atoms with Gasteiger partial charge in [0.2, 0.25) is 10.0 Å². The number of nitrogens with one attached hydrogen (secondary N) is 2. The van der Waals surface area contributed by atoms with E-state index in [0.717, 1.165) is 38.6 Å². The Labute approximate surface area is 122 Å². The Hall–Kier alpha value is -0.910. The number of rotatable bonds is 5. The molecule has 112 valence electrons. The van der Waals surface area contributed by atoms with Crippen LogP contribution in [0.5, 0.6) is 0 Å². The van der Waals surface area contributed by atoms with E-state index >= 15 is 0 Å². The van der Waals surface area contributed by atoms with E-state index in [-0.39, 0.29) is 6.04 Å². The number of aryl methyl sites for hydroxylation is 1. The van der Waals surface area contributed by atoms with Gasteiger partial charge < -0.3 is 5.32 Å². The normalized spacial score (nSPS) is 20.6. The Balaban J connectivity index is 2.05. The fourth-order valence-corrected chi connectivity index (χ4v) is 3.80. The molecule has 4 nitrogen and oxygen atoms in total. The van der Waals surface area contributed by atoms with Crippen molar-refractivity contribution in [1.82, 2.24) is 10.0 Å². The van der Waals surface area contributed by atoms with Crippen molar-refractivity contribution in [3.63, 3.8) is 0 Å². The van der Waals surface area contributed by atoms with Crippen LogP contribution < -0.4 is 10.0 Å². The minimum absolute atomic E-state index is 0.00202. The van der Waals surface area contributed by atoms with Gasteiger partial charge in [-0.1, -0.05) is 31.9 Å². The molecule has 0 aromatic heterocycles. The molecular weight excluding hydrogens is 272 g/mol. The first kappa shape index (κ1) is 15.5. The molecule has 0 amide bonds. The number of sulfonamides is 1. The van der Waals surface area contributed by atoms with Crippen LogP contribution in [-0.4, -0.2) is 27.5 Å². The molecule has 1 aromatic rings. The van der Waals surface area contributed by atoms with Crippen molar-refractivity contribution in [2.45, 2.75) is 50.0 Å². The van der Waals surface area contributed by atoms with Crippen molar-refractivity contribution in [3.05, 3.63) is 29.8 Å². The quantitative estimate of drug-likeness (QED) is 0.874. The highest BCUT2D eigenvalue weighted by Crippen LogP contribution is 2.14. The Morgan fingerprint density at radius 2 is 2.00 bits per heavy atom. The first-order valence-electron chi connectivity index (χ1n) is 7.44. The average Bonchev–Trinajstić information content (AvgIpc) is 2.68. The molecular formula is C15H24N2O2S. The predicted molar refractivity (Wildman–Crippen MR) is 81.3 cm³/mol. The van der Waals surface area contributed by atoms with Crippen LogP contribution in [0.3, 0.4) is 0 Å². The molecule has 20 heavy (non-hydrogen) atoms. The van der Waals surface area contributed by atoms with Crippen LogP contribution in [0.4, 0.5) is 0 Å². The van der Waals surface area contributed by atoms with Gasteiger partial charge in [-0.3, -0.25) is 0 Å². The maximum atomic E-state index is 12.3. The maximum absolute atomic E-state index is 12.3. The second-order valence-electron chi connectivity index (χ2n) is 5.41. The topological polar surface area (TPSA) is 58.2 Å². The molecule has 1 aromatic carbocycles. The van der Waals surface area contributed by atoms with Gasteiger partial charge in [-0.15, -0.1) is 0 Å². The molecule has 0 aliphatic carbocycles. The standard InChI is InChI=1S/C15H24N2O2S/c1-2-5-13-7-9-15(10-8-13)20(18,19)17-14-6-3-4-11-16-12-14/h7-10,14,16-17H,2-6,11-12H2,1H3. The molecule has 2 rings (SSSR count). The molecule has 1 saturated heterocycles. The fraction of sp³-hybridized carbons (Fsp3) is 0.600. The summed E-state index contributed by atoms with van der Waals surface area (Å²) in [6.45, 7) is 3.81. The van der Waals surface area contributed by atoms with Crippen molar-refractivity contribution in [2.75, 3.05) is 13.1 Å². The average molecular weight is 296 g/mol. The fourth-order valence-electron chi connectivity index (χ4n) is 2.53. The highest BCUT2D eigenvalue weighted by atomic mass is 32.2. The molecule has 0 radical (unpaired) electrons. The summed E-state index contributed by atoms with van der Waals surface area (Å²) >= 11 is 0. The smallest absolute Gasteiger partial charge is 0.240 e. The van der Waals surface area contributed by atoms with E-state index in [1.165, 1.54) is 5.56 Å². The van der Waals surface area contributed by atoms with Gasteiger partial charge in [-0.25, -0.2) is 13.1 Å². The molecule has 1 aliphatic rings. The molecule has 0 spiro atoms. The van der Waals surface area contributed by atoms with Gasteiger partial charge in [-0.2, -0.15) is 0 Å². The van der Waals surface area contributed by atoms with Gasteiger partial charge >= 0.3 is 0 Å². The predicted octanol–water partition coefficient (Wildman–Crippen LogP) is 2.06. The minimum atomic E-state index is -3.40. The van der Waals surface area contributed by atoms with Crippen molar-refractivity contribution in [1.29, 1.82) is 0 Å². The van der Waals surface area contributed by atoms with Crippen LogP contribution >= 0.6 is 0 Å². The summed E-state index contributed by atoms with van der Waals surface area (Å²) in [7, 11) is -3.40. The molecule has 1 fully saturated rings. The number of hydrogen-bond acceptors (Lipinski definition) is 3. The Kier molecular flexibility index (Phi) is 5.57. The van der Waals surface area contributed by atoms with Crippen molar-refractivity contribution < 1.29 is 8.42 Å². The summed E-state index contributed by atoms with van der Waals surface area (Å²) in [5, 5.41) is 3.27. The third-order valence-electron chi connectivity index (χ3n) is 3.64. The first-order chi connectivity index (χ1) is 9.62. The van der Waals surface area contributed by atoms with Crippen LogP contribution in [-0.2, 0) is 16.4 Å². The van der Waals surface area contributed by atoms with E-state index in [1.54, 1.807) is 12.1 Å². The van der Waals surface area contributed by atoms with Crippen LogP contribution in [0, 0.1) is 0 Å². The Morgan fingerprint density at radius 3 is 2.70 bits per heavy atom. The summed E-state index contributed by atoms with van der Waals surface area (Å²) < 4.78 is 27.5. The van der Waals surface area contributed by atoms with E-state index < -0.39 is 10.0 Å². The van der Waals surface area contributed by atoms with Crippen molar-refractivity contribution >= 4 is 10.0 Å². The van der Waals surface area contributed by atoms with Crippen LogP contribution in [0.25, 0.3) is 0 Å². The lowest BCUT2D eigenvalue weighted by Gasteiger charge is -2.16. The minimum Gasteiger partial charge on any atom is -0.315 e. The summed E-state index contributed by atoms with van der Waals surface area (Å²) in [5.41, 5.74) is 1.18. The molecule has 0 saturated carbocycles. The molecule has 1 atom stereocenters. The van der Waals surface area contributed by atoms with Gasteiger partial charge in [-0.05, 0) is 43.5 Å². The third kappa shape index (κ3) is 4.30. The zero-order valence-corrected chi connectivity index (χ0v) is 12.9. The summed E-state index contributed by atoms with van der Waals surface area (Å²) in [5.74, 6) is 0. The first-order valence-corrected chi connectivity index (χ1v) is 8.92. The van der Waals surface area contributed by atoms with Gasteiger partial charge in [0.25, 0.3) is 0 Å². The molecule has 1 unspecified atom stereocenters. The van der Waals surface area contributed by atoms with Gasteiger partial charge in [0.15, 0.2) is 0 Å². The lowest BCUT2D eigenvalue weighted by atomic mass is 10.1. The van der Waals surface area contributed by atoms with Crippen molar-refractivity contribution in [3.8, 4) is 0 Å². The summed E-state index contributed by atoms with van der Waals surface area (Å²) in [6, 6.07) is 7.22.